The lowest BCUT2D eigenvalue weighted by Gasteiger charge is -2.42. The normalized spacial score (nSPS) is 17.8. The first-order chi connectivity index (χ1) is 22.3. The van der Waals surface area contributed by atoms with Gasteiger partial charge in [0.15, 0.2) is 0 Å². The van der Waals surface area contributed by atoms with E-state index in [-0.39, 0.29) is 23.1 Å². The van der Waals surface area contributed by atoms with Gasteiger partial charge in [-0.3, -0.25) is 0 Å². The zero-order valence-corrected chi connectivity index (χ0v) is 30.6. The van der Waals surface area contributed by atoms with Gasteiger partial charge in [-0.1, -0.05) is 45.6 Å². The standard InChI is InChI=1S/C34H45F3N6O3SSi/c1-32(2,3)46-31(44)43-19-22(16-33(4,5)20-43)41-30-40-18-25(34(35,36)37)27(42-30)24-17-39-26-15-21(9-10-23(24)26)28(29-38-11-13-47-29)45-12-14-48(6,7)8/h9-11,13,15,17-18,22,28,39H,12,14,16,19-20H2,1-8H3,(H,40,41,42)/t22-,28?/m0/s1. The van der Waals surface area contributed by atoms with E-state index in [1.807, 2.05) is 31.4 Å². The number of aromatic nitrogens is 4. The third-order valence-corrected chi connectivity index (χ3v) is 10.5. The molecule has 0 radical (unpaired) electrons. The number of nitrogens with one attached hydrogen (secondary N) is 2. The van der Waals surface area contributed by atoms with Crippen LogP contribution >= 0.6 is 11.3 Å². The van der Waals surface area contributed by atoms with E-state index in [1.54, 1.807) is 44.1 Å². The molecule has 0 saturated carbocycles. The molecule has 48 heavy (non-hydrogen) atoms. The summed E-state index contributed by atoms with van der Waals surface area (Å²) in [7, 11) is -1.33. The molecule has 14 heteroatoms. The van der Waals surface area contributed by atoms with E-state index in [4.69, 9.17) is 9.47 Å². The molecule has 3 aromatic heterocycles. The zero-order chi connectivity index (χ0) is 35.1. The first kappa shape index (κ1) is 35.8. The van der Waals surface area contributed by atoms with Crippen LogP contribution in [0.1, 0.15) is 63.3 Å². The van der Waals surface area contributed by atoms with Crippen molar-refractivity contribution in [3.8, 4) is 11.3 Å². The smallest absolute Gasteiger partial charge is 0.419 e. The van der Waals surface area contributed by atoms with Crippen LogP contribution in [0.3, 0.4) is 0 Å². The summed E-state index contributed by atoms with van der Waals surface area (Å²) in [6.45, 7) is 17.7. The van der Waals surface area contributed by atoms with Crippen LogP contribution in [0.5, 0.6) is 0 Å². The third kappa shape index (κ3) is 8.94. The maximum Gasteiger partial charge on any atom is 0.419 e. The number of fused-ring (bicyclic) bond motifs is 1. The van der Waals surface area contributed by atoms with Gasteiger partial charge in [-0.2, -0.15) is 13.2 Å². The molecule has 2 N–H and O–H groups in total. The fourth-order valence-electron chi connectivity index (χ4n) is 5.91. The van der Waals surface area contributed by atoms with Crippen molar-refractivity contribution in [3.05, 3.63) is 58.3 Å². The van der Waals surface area contributed by atoms with E-state index in [9.17, 15) is 18.0 Å². The maximum atomic E-state index is 14.3. The Labute approximate surface area is 284 Å². The van der Waals surface area contributed by atoms with Crippen molar-refractivity contribution in [3.63, 3.8) is 0 Å². The Hall–Kier alpha value is -3.49. The molecule has 1 fully saturated rings. The second-order valence-corrected chi connectivity index (χ2v) is 22.0. The monoisotopic (exact) mass is 702 g/mol. The predicted octanol–water partition coefficient (Wildman–Crippen LogP) is 8.99. The number of aromatic amines is 1. The molecule has 4 aromatic rings. The van der Waals surface area contributed by atoms with Crippen molar-refractivity contribution in [1.82, 2.24) is 24.8 Å². The molecule has 1 saturated heterocycles. The molecule has 2 atom stereocenters. The first-order valence-corrected chi connectivity index (χ1v) is 20.7. The van der Waals surface area contributed by atoms with Crippen molar-refractivity contribution >= 4 is 42.4 Å². The number of anilines is 1. The zero-order valence-electron chi connectivity index (χ0n) is 28.8. The first-order valence-electron chi connectivity index (χ1n) is 16.1. The average molecular weight is 703 g/mol. The summed E-state index contributed by atoms with van der Waals surface area (Å²) in [5.74, 6) is 0.0513. The number of halogens is 3. The van der Waals surface area contributed by atoms with Crippen molar-refractivity contribution in [2.45, 2.75) is 90.6 Å². The number of H-pyrrole nitrogens is 1. The number of nitrogens with zero attached hydrogens (tertiary/aromatic N) is 4. The van der Waals surface area contributed by atoms with Crippen LogP contribution in [-0.2, 0) is 15.7 Å². The Morgan fingerprint density at radius 1 is 1.21 bits per heavy atom. The molecule has 1 unspecified atom stereocenters. The summed E-state index contributed by atoms with van der Waals surface area (Å²) >= 11 is 1.50. The molecule has 9 nitrogen and oxygen atoms in total. The Bertz CT molecular complexity index is 1730. The van der Waals surface area contributed by atoms with Gasteiger partial charge in [-0.25, -0.2) is 19.7 Å². The van der Waals surface area contributed by atoms with Crippen LogP contribution in [0.4, 0.5) is 23.9 Å². The van der Waals surface area contributed by atoms with Crippen LogP contribution in [0, 0.1) is 5.41 Å². The van der Waals surface area contributed by atoms with Gasteiger partial charge in [0.1, 0.15) is 22.3 Å². The van der Waals surface area contributed by atoms with E-state index in [0.717, 1.165) is 22.8 Å². The molecule has 5 rings (SSSR count). The molecular weight excluding hydrogens is 658 g/mol. The second kappa shape index (κ2) is 13.4. The van der Waals surface area contributed by atoms with E-state index in [0.29, 0.717) is 42.6 Å². The van der Waals surface area contributed by atoms with Gasteiger partial charge in [-0.15, -0.1) is 11.3 Å². The Morgan fingerprint density at radius 2 is 1.96 bits per heavy atom. The topological polar surface area (TPSA) is 105 Å². The lowest BCUT2D eigenvalue weighted by molar-refractivity contribution is -0.137. The molecule has 0 bridgehead atoms. The number of hydrogen-bond acceptors (Lipinski definition) is 8. The highest BCUT2D eigenvalue weighted by atomic mass is 32.1. The maximum absolute atomic E-state index is 14.3. The highest BCUT2D eigenvalue weighted by Crippen LogP contribution is 2.40. The van der Waals surface area contributed by atoms with Crippen molar-refractivity contribution < 1.29 is 27.4 Å². The van der Waals surface area contributed by atoms with Gasteiger partial charge in [0.05, 0.1) is 5.69 Å². The number of rotatable bonds is 9. The number of carbonyl (C=O) groups excluding carboxylic acids is 1. The summed E-state index contributed by atoms with van der Waals surface area (Å²) < 4.78 is 55.0. The SMILES string of the molecule is CC1(C)C[C@H](Nc2ncc(C(F)(F)F)c(-c3c[nH]c4cc(C(OCC[Si](C)(C)C)c5nccs5)ccc34)n2)CN(C(=O)OC(C)(C)C)C1. The Balaban J connectivity index is 1.45. The number of hydrogen-bond donors (Lipinski definition) is 2. The Morgan fingerprint density at radius 3 is 2.60 bits per heavy atom. The van der Waals surface area contributed by atoms with Crippen LogP contribution in [0.2, 0.25) is 25.7 Å². The molecule has 1 aliphatic rings. The summed E-state index contributed by atoms with van der Waals surface area (Å²) in [6, 6.07) is 6.27. The van der Waals surface area contributed by atoms with Crippen LogP contribution in [0.25, 0.3) is 22.2 Å². The van der Waals surface area contributed by atoms with E-state index >= 15 is 0 Å². The second-order valence-electron chi connectivity index (χ2n) is 15.5. The van der Waals surface area contributed by atoms with Gasteiger partial charge in [-0.05, 0) is 50.3 Å². The minimum absolute atomic E-state index is 0.0513. The van der Waals surface area contributed by atoms with E-state index in [2.05, 4.69) is 44.9 Å². The predicted molar refractivity (Wildman–Crippen MR) is 186 cm³/mol. The number of amides is 1. The highest BCUT2D eigenvalue weighted by molar-refractivity contribution is 7.09. The van der Waals surface area contributed by atoms with Gasteiger partial charge in [0.2, 0.25) is 5.95 Å². The van der Waals surface area contributed by atoms with Crippen LogP contribution in [0.15, 0.2) is 42.2 Å². The number of ether oxygens (including phenoxy) is 2. The quantitative estimate of drug-likeness (QED) is 0.168. The van der Waals surface area contributed by atoms with Crippen molar-refractivity contribution in [1.29, 1.82) is 0 Å². The van der Waals surface area contributed by atoms with Crippen molar-refractivity contribution in [2.75, 3.05) is 25.0 Å². The molecular formula is C34H45F3N6O3SSi. The number of piperidine rings is 1. The summed E-state index contributed by atoms with van der Waals surface area (Å²) in [5, 5.41) is 6.52. The largest absolute Gasteiger partial charge is 0.444 e. The van der Waals surface area contributed by atoms with Gasteiger partial charge >= 0.3 is 12.3 Å². The molecule has 0 spiro atoms. The molecule has 1 aliphatic heterocycles. The fraction of sp³-hybridized carbons (Fsp3) is 0.529. The lowest BCUT2D eigenvalue weighted by atomic mass is 9.82. The van der Waals surface area contributed by atoms with E-state index < -0.39 is 37.6 Å². The molecule has 1 aromatic carbocycles. The number of thiazole rings is 1. The number of alkyl halides is 3. The minimum Gasteiger partial charge on any atom is -0.444 e. The summed E-state index contributed by atoms with van der Waals surface area (Å²) in [6.07, 6.45) is -0.745. The van der Waals surface area contributed by atoms with E-state index in [1.165, 1.54) is 11.3 Å². The van der Waals surface area contributed by atoms with Gasteiger partial charge < -0.3 is 24.7 Å². The lowest BCUT2D eigenvalue weighted by Crippen LogP contribution is -2.53. The molecule has 260 valence electrons. The number of carbonyl (C=O) groups is 1. The molecule has 0 aliphatic carbocycles. The Kier molecular flexibility index (Phi) is 10.0. The molecule has 4 heterocycles. The summed E-state index contributed by atoms with van der Waals surface area (Å²) in [4.78, 5) is 30.7. The van der Waals surface area contributed by atoms with Crippen molar-refractivity contribution in [2.24, 2.45) is 5.41 Å². The van der Waals surface area contributed by atoms with Crippen LogP contribution < -0.4 is 5.32 Å². The van der Waals surface area contributed by atoms with Gasteiger partial charge in [0, 0.05) is 74.2 Å². The highest BCUT2D eigenvalue weighted by Gasteiger charge is 2.39. The number of benzene rings is 1. The summed E-state index contributed by atoms with van der Waals surface area (Å²) in [5.41, 5.74) is -0.286. The average Bonchev–Trinajstić information content (AvgIpc) is 3.62. The fourth-order valence-corrected chi connectivity index (χ4v) is 7.35. The van der Waals surface area contributed by atoms with Gasteiger partial charge in [0.25, 0.3) is 0 Å². The number of likely N-dealkylation sites (tertiary alicyclic amines) is 1. The minimum atomic E-state index is -4.68. The molecule has 1 amide bonds. The third-order valence-electron chi connectivity index (χ3n) is 8.01. The van der Waals surface area contributed by atoms with Crippen LogP contribution in [-0.4, -0.2) is 70.3 Å².